The molecule has 1 N–H and O–H groups in total. The number of ether oxygens (including phenoxy) is 1. The molecule has 2 aromatic heterocycles. The first-order valence-corrected chi connectivity index (χ1v) is 4.49. The minimum absolute atomic E-state index is 0.366. The highest BCUT2D eigenvalue weighted by Crippen LogP contribution is 2.11. The molecule has 16 heavy (non-hydrogen) atoms. The molecule has 82 valence electrons. The van der Waals surface area contributed by atoms with E-state index in [9.17, 15) is 4.79 Å². The zero-order chi connectivity index (χ0) is 11.5. The summed E-state index contributed by atoms with van der Waals surface area (Å²) in [7, 11) is 1.31. The Kier molecular flexibility index (Phi) is 2.55. The summed E-state index contributed by atoms with van der Waals surface area (Å²) >= 11 is 0. The van der Waals surface area contributed by atoms with Gasteiger partial charge in [-0.15, -0.1) is 0 Å². The highest BCUT2D eigenvalue weighted by Gasteiger charge is 2.12. The van der Waals surface area contributed by atoms with E-state index < -0.39 is 5.97 Å². The topological polar surface area (TPSA) is 76.2 Å². The van der Waals surface area contributed by atoms with Crippen LogP contribution < -0.4 is 0 Å². The fourth-order valence-corrected chi connectivity index (χ4v) is 1.47. The van der Waals surface area contributed by atoms with Gasteiger partial charge < -0.3 is 9.94 Å². The van der Waals surface area contributed by atoms with Crippen molar-refractivity contribution in [2.24, 2.45) is 5.16 Å². The normalized spacial score (nSPS) is 11.1. The maximum Gasteiger partial charge on any atom is 0.355 e. The molecule has 0 saturated heterocycles. The number of fused-ring (bicyclic) bond motifs is 1. The Balaban J connectivity index is 2.68. The third kappa shape index (κ3) is 1.50. The van der Waals surface area contributed by atoms with Gasteiger partial charge in [-0.25, -0.2) is 9.78 Å². The second-order valence-electron chi connectivity index (χ2n) is 3.03. The van der Waals surface area contributed by atoms with Gasteiger partial charge >= 0.3 is 5.97 Å². The molecule has 0 aliphatic rings. The van der Waals surface area contributed by atoms with Crippen LogP contribution >= 0.6 is 0 Å². The molecular weight excluding hydrogens is 210 g/mol. The van der Waals surface area contributed by atoms with E-state index in [1.54, 1.807) is 28.9 Å². The number of methoxy groups -OCH3 is 1. The van der Waals surface area contributed by atoms with Crippen molar-refractivity contribution in [2.45, 2.75) is 0 Å². The van der Waals surface area contributed by atoms with Crippen LogP contribution in [0, 0.1) is 0 Å². The van der Waals surface area contributed by atoms with Gasteiger partial charge in [0.05, 0.1) is 13.3 Å². The molecule has 0 unspecified atom stereocenters. The van der Waals surface area contributed by atoms with Gasteiger partial charge in [0.2, 0.25) is 0 Å². The first kappa shape index (κ1) is 10.2. The van der Waals surface area contributed by atoms with Crippen LogP contribution in [-0.2, 0) is 4.74 Å². The summed E-state index contributed by atoms with van der Waals surface area (Å²) in [5.74, 6) is -0.449. The average Bonchev–Trinajstić information content (AvgIpc) is 2.78. The Morgan fingerprint density at radius 1 is 1.62 bits per heavy atom. The van der Waals surface area contributed by atoms with Crippen molar-refractivity contribution < 1.29 is 14.7 Å². The molecule has 0 aliphatic heterocycles. The van der Waals surface area contributed by atoms with Gasteiger partial charge in [0.15, 0.2) is 0 Å². The van der Waals surface area contributed by atoms with E-state index in [1.165, 1.54) is 13.3 Å². The number of hydrogen-bond donors (Lipinski definition) is 1. The molecule has 0 fully saturated rings. The van der Waals surface area contributed by atoms with Crippen LogP contribution in [0.1, 0.15) is 16.1 Å². The molecule has 0 radical (unpaired) electrons. The number of carbonyl (C=O) groups excluding carboxylic acids is 1. The van der Waals surface area contributed by atoms with Crippen molar-refractivity contribution >= 4 is 17.8 Å². The van der Waals surface area contributed by atoms with E-state index in [-0.39, 0.29) is 0 Å². The summed E-state index contributed by atoms with van der Waals surface area (Å²) in [4.78, 5) is 15.5. The van der Waals surface area contributed by atoms with Gasteiger partial charge in [-0.05, 0) is 12.1 Å². The van der Waals surface area contributed by atoms with Crippen LogP contribution in [-0.4, -0.2) is 33.9 Å². The zero-order valence-electron chi connectivity index (χ0n) is 8.49. The number of rotatable bonds is 2. The van der Waals surface area contributed by atoms with Crippen molar-refractivity contribution in [3.8, 4) is 0 Å². The number of aromatic nitrogens is 2. The van der Waals surface area contributed by atoms with Crippen molar-refractivity contribution in [2.75, 3.05) is 7.11 Å². The molecule has 2 rings (SSSR count). The Hall–Kier alpha value is -2.37. The zero-order valence-corrected chi connectivity index (χ0v) is 8.49. The lowest BCUT2D eigenvalue weighted by Gasteiger charge is -2.04. The molecule has 0 aromatic carbocycles. The van der Waals surface area contributed by atoms with Crippen LogP contribution in [0.15, 0.2) is 29.7 Å². The third-order valence-corrected chi connectivity index (χ3v) is 2.17. The molecule has 6 nitrogen and oxygen atoms in total. The predicted molar refractivity (Wildman–Crippen MR) is 55.9 cm³/mol. The van der Waals surface area contributed by atoms with Crippen LogP contribution in [0.25, 0.3) is 5.65 Å². The lowest BCUT2D eigenvalue weighted by Crippen LogP contribution is -2.08. The van der Waals surface area contributed by atoms with Crippen LogP contribution in [0.2, 0.25) is 0 Å². The van der Waals surface area contributed by atoms with Crippen molar-refractivity contribution in [1.29, 1.82) is 0 Å². The molecule has 0 atom stereocenters. The summed E-state index contributed by atoms with van der Waals surface area (Å²) in [5.41, 5.74) is 1.51. The van der Waals surface area contributed by atoms with E-state index in [4.69, 9.17) is 5.21 Å². The molecule has 0 aliphatic carbocycles. The lowest BCUT2D eigenvalue weighted by atomic mass is 10.2. The molecular formula is C10H9N3O3. The monoisotopic (exact) mass is 219 g/mol. The highest BCUT2D eigenvalue weighted by molar-refractivity contribution is 5.92. The van der Waals surface area contributed by atoms with Gasteiger partial charge in [-0.3, -0.25) is 4.40 Å². The molecule has 0 saturated carbocycles. The minimum atomic E-state index is -0.449. The average molecular weight is 219 g/mol. The van der Waals surface area contributed by atoms with Gasteiger partial charge in [0.25, 0.3) is 0 Å². The maximum absolute atomic E-state index is 11.4. The molecule has 0 spiro atoms. The molecule has 2 heterocycles. The van der Waals surface area contributed by atoms with E-state index in [0.717, 1.165) is 0 Å². The number of imidazole rings is 1. The van der Waals surface area contributed by atoms with Gasteiger partial charge in [0, 0.05) is 18.0 Å². The molecule has 0 bridgehead atoms. The van der Waals surface area contributed by atoms with Crippen LogP contribution in [0.5, 0.6) is 0 Å². The summed E-state index contributed by atoms with van der Waals surface area (Å²) in [6.07, 6.45) is 4.44. The maximum atomic E-state index is 11.4. The third-order valence-electron chi connectivity index (χ3n) is 2.17. The predicted octanol–water partition coefficient (Wildman–Crippen LogP) is 0.929. The fraction of sp³-hybridized carbons (Fsp3) is 0.100. The van der Waals surface area contributed by atoms with E-state index in [1.807, 2.05) is 0 Å². The number of hydrogen-bond acceptors (Lipinski definition) is 5. The SMILES string of the molecule is COC(=O)c1ccc(/C=N/O)c2nccn12. The first-order valence-electron chi connectivity index (χ1n) is 4.49. The number of nitrogens with zero attached hydrogens (tertiary/aromatic N) is 3. The summed E-state index contributed by atoms with van der Waals surface area (Å²) in [6, 6.07) is 3.21. The van der Waals surface area contributed by atoms with Gasteiger partial charge in [-0.1, -0.05) is 5.16 Å². The second-order valence-corrected chi connectivity index (χ2v) is 3.03. The number of pyridine rings is 1. The van der Waals surface area contributed by atoms with Crippen LogP contribution in [0.3, 0.4) is 0 Å². The largest absolute Gasteiger partial charge is 0.464 e. The summed E-state index contributed by atoms with van der Waals surface area (Å²) in [5, 5.41) is 11.4. The van der Waals surface area contributed by atoms with Gasteiger partial charge in [0.1, 0.15) is 11.3 Å². The number of oxime groups is 1. The smallest absolute Gasteiger partial charge is 0.355 e. The Morgan fingerprint density at radius 2 is 2.44 bits per heavy atom. The summed E-state index contributed by atoms with van der Waals surface area (Å²) < 4.78 is 6.22. The molecule has 0 amide bonds. The lowest BCUT2D eigenvalue weighted by molar-refractivity contribution is 0.0592. The van der Waals surface area contributed by atoms with Crippen molar-refractivity contribution in [3.63, 3.8) is 0 Å². The summed E-state index contributed by atoms with van der Waals surface area (Å²) in [6.45, 7) is 0. The molecule has 6 heteroatoms. The van der Waals surface area contributed by atoms with Crippen LogP contribution in [0.4, 0.5) is 0 Å². The Morgan fingerprint density at radius 3 is 3.12 bits per heavy atom. The standard InChI is InChI=1S/C10H9N3O3/c1-16-10(14)8-3-2-7(6-12-15)9-11-4-5-13(8)9/h2-6,15H,1H3/b12-6+. The van der Waals surface area contributed by atoms with E-state index in [0.29, 0.717) is 16.9 Å². The van der Waals surface area contributed by atoms with Crippen molar-refractivity contribution in [3.05, 3.63) is 35.8 Å². The first-order chi connectivity index (χ1) is 7.77. The molecule has 2 aromatic rings. The Labute approximate surface area is 90.8 Å². The highest BCUT2D eigenvalue weighted by atomic mass is 16.5. The van der Waals surface area contributed by atoms with Crippen molar-refractivity contribution in [1.82, 2.24) is 9.38 Å². The van der Waals surface area contributed by atoms with E-state index in [2.05, 4.69) is 14.9 Å². The minimum Gasteiger partial charge on any atom is -0.464 e. The second kappa shape index (κ2) is 4.01. The quantitative estimate of drug-likeness (QED) is 0.353. The Bertz CT molecular complexity index is 559. The van der Waals surface area contributed by atoms with E-state index >= 15 is 0 Å². The number of carbonyl (C=O) groups is 1. The number of esters is 1. The van der Waals surface area contributed by atoms with Gasteiger partial charge in [-0.2, -0.15) is 0 Å². The fourth-order valence-electron chi connectivity index (χ4n) is 1.47.